The van der Waals surface area contributed by atoms with Crippen molar-refractivity contribution in [3.8, 4) is 0 Å². The van der Waals surface area contributed by atoms with Crippen LogP contribution in [0.4, 0.5) is 14.5 Å². The number of hydrogen-bond acceptors (Lipinski definition) is 6. The highest BCUT2D eigenvalue weighted by atomic mass is 19.1. The molecule has 0 unspecified atom stereocenters. The van der Waals surface area contributed by atoms with E-state index in [4.69, 9.17) is 4.84 Å². The zero-order valence-corrected chi connectivity index (χ0v) is 14.3. The topological polar surface area (TPSA) is 95.3 Å². The minimum atomic E-state index is -1.17. The van der Waals surface area contributed by atoms with Crippen molar-refractivity contribution in [3.63, 3.8) is 0 Å². The molecule has 10 heteroatoms. The molecule has 0 spiro atoms. The van der Waals surface area contributed by atoms with Crippen LogP contribution in [0.5, 0.6) is 0 Å². The molecule has 0 saturated carbocycles. The summed E-state index contributed by atoms with van der Waals surface area (Å²) < 4.78 is 31.9. The third kappa shape index (κ3) is 3.68. The van der Waals surface area contributed by atoms with Crippen molar-refractivity contribution in [1.82, 2.24) is 15.2 Å². The summed E-state index contributed by atoms with van der Waals surface area (Å²) in [7, 11) is 1.24. The van der Waals surface area contributed by atoms with Gasteiger partial charge >= 0.3 is 5.97 Å². The number of ether oxygens (including phenoxy) is 1. The van der Waals surface area contributed by atoms with E-state index < -0.39 is 35.3 Å². The molecule has 0 saturated heterocycles. The van der Waals surface area contributed by atoms with Gasteiger partial charge in [-0.3, -0.25) is 4.79 Å². The SMILES string of the molecule is COC(=O)c1ccc2nnn(O[C@H](C)C(=O)Nc3c(F)cccc3F)c2c1. The van der Waals surface area contributed by atoms with Crippen LogP contribution in [0.2, 0.25) is 0 Å². The van der Waals surface area contributed by atoms with Crippen LogP contribution in [0, 0.1) is 11.6 Å². The van der Waals surface area contributed by atoms with E-state index in [9.17, 15) is 18.4 Å². The van der Waals surface area contributed by atoms with Crippen LogP contribution >= 0.6 is 0 Å². The van der Waals surface area contributed by atoms with E-state index in [1.165, 1.54) is 38.3 Å². The van der Waals surface area contributed by atoms with Gasteiger partial charge in [0.05, 0.1) is 12.7 Å². The number of nitrogens with one attached hydrogen (secondary N) is 1. The average molecular weight is 376 g/mol. The fourth-order valence-corrected chi connectivity index (χ4v) is 2.26. The number of methoxy groups -OCH3 is 1. The molecule has 1 N–H and O–H groups in total. The van der Waals surface area contributed by atoms with E-state index in [0.29, 0.717) is 11.0 Å². The molecule has 3 aromatic rings. The molecule has 1 amide bonds. The third-order valence-corrected chi connectivity index (χ3v) is 3.67. The van der Waals surface area contributed by atoms with Gasteiger partial charge in [0, 0.05) is 0 Å². The number of rotatable bonds is 5. The zero-order chi connectivity index (χ0) is 19.6. The zero-order valence-electron chi connectivity index (χ0n) is 14.3. The summed E-state index contributed by atoms with van der Waals surface area (Å²) in [6, 6.07) is 7.69. The van der Waals surface area contributed by atoms with E-state index in [-0.39, 0.29) is 5.56 Å². The van der Waals surface area contributed by atoms with Crippen LogP contribution in [0.25, 0.3) is 11.0 Å². The van der Waals surface area contributed by atoms with Crippen molar-refractivity contribution in [2.24, 2.45) is 0 Å². The Morgan fingerprint density at radius 3 is 2.56 bits per heavy atom. The van der Waals surface area contributed by atoms with Crippen molar-refractivity contribution in [1.29, 1.82) is 0 Å². The molecule has 0 radical (unpaired) electrons. The Balaban J connectivity index is 1.80. The maximum Gasteiger partial charge on any atom is 0.337 e. The standard InChI is InChI=1S/C17H14F2N4O4/c1-9(16(24)20-15-11(18)4-3-5-12(15)19)27-23-14-8-10(17(25)26-2)6-7-13(14)21-22-23/h3-9H,1-2H3,(H,20,24)/t9-/m1/s1. The maximum atomic E-state index is 13.6. The normalized spacial score (nSPS) is 11.9. The summed E-state index contributed by atoms with van der Waals surface area (Å²) in [6.07, 6.45) is -1.17. The van der Waals surface area contributed by atoms with Crippen molar-refractivity contribution in [3.05, 3.63) is 53.6 Å². The number of nitrogens with zero attached hydrogens (tertiary/aromatic N) is 3. The molecule has 27 heavy (non-hydrogen) atoms. The number of aromatic nitrogens is 3. The molecule has 140 valence electrons. The van der Waals surface area contributed by atoms with Gasteiger partial charge in [-0.05, 0) is 42.5 Å². The monoisotopic (exact) mass is 376 g/mol. The van der Waals surface area contributed by atoms with Gasteiger partial charge in [-0.1, -0.05) is 10.9 Å². The van der Waals surface area contributed by atoms with E-state index >= 15 is 0 Å². The number of esters is 1. The lowest BCUT2D eigenvalue weighted by atomic mass is 10.2. The van der Waals surface area contributed by atoms with Crippen LogP contribution in [-0.4, -0.2) is 40.2 Å². The summed E-state index contributed by atoms with van der Waals surface area (Å²) in [6.45, 7) is 1.37. The number of para-hydroxylation sites is 1. The maximum absolute atomic E-state index is 13.6. The Hall–Kier alpha value is -3.56. The summed E-state index contributed by atoms with van der Waals surface area (Å²) in [4.78, 5) is 30.2. The Bertz CT molecular complexity index is 1000. The number of halogens is 2. The van der Waals surface area contributed by atoms with Gasteiger partial charge in [-0.2, -0.15) is 0 Å². The lowest BCUT2D eigenvalue weighted by Gasteiger charge is -2.14. The summed E-state index contributed by atoms with van der Waals surface area (Å²) in [5.74, 6) is -3.19. The van der Waals surface area contributed by atoms with Gasteiger partial charge in [-0.25, -0.2) is 13.6 Å². The number of carbonyl (C=O) groups excluding carboxylic acids is 2. The largest absolute Gasteiger partial charge is 0.465 e. The highest BCUT2D eigenvalue weighted by Gasteiger charge is 2.21. The Labute approximate surface area is 151 Å². The number of benzene rings is 2. The number of carbonyl (C=O) groups is 2. The Morgan fingerprint density at radius 1 is 1.19 bits per heavy atom. The first-order valence-electron chi connectivity index (χ1n) is 7.76. The number of fused-ring (bicyclic) bond motifs is 1. The van der Waals surface area contributed by atoms with E-state index in [1.807, 2.05) is 0 Å². The number of anilines is 1. The summed E-state index contributed by atoms with van der Waals surface area (Å²) in [5.41, 5.74) is 0.391. The van der Waals surface area contributed by atoms with Crippen molar-refractivity contribution < 1.29 is 27.9 Å². The molecule has 0 fully saturated rings. The fourth-order valence-electron chi connectivity index (χ4n) is 2.26. The molecule has 0 bridgehead atoms. The highest BCUT2D eigenvalue weighted by Crippen LogP contribution is 2.18. The molecule has 0 aliphatic rings. The van der Waals surface area contributed by atoms with Gasteiger partial charge in [0.25, 0.3) is 5.91 Å². The van der Waals surface area contributed by atoms with Gasteiger partial charge in [0.1, 0.15) is 28.4 Å². The van der Waals surface area contributed by atoms with Crippen LogP contribution in [0.1, 0.15) is 17.3 Å². The minimum Gasteiger partial charge on any atom is -0.465 e. The van der Waals surface area contributed by atoms with E-state index in [2.05, 4.69) is 20.4 Å². The fraction of sp³-hybridized carbons (Fsp3) is 0.176. The summed E-state index contributed by atoms with van der Waals surface area (Å²) >= 11 is 0. The molecular formula is C17H14F2N4O4. The van der Waals surface area contributed by atoms with Crippen LogP contribution in [-0.2, 0) is 9.53 Å². The van der Waals surface area contributed by atoms with Gasteiger partial charge in [0.2, 0.25) is 6.10 Å². The van der Waals surface area contributed by atoms with Gasteiger partial charge in [-0.15, -0.1) is 5.10 Å². The molecular weight excluding hydrogens is 362 g/mol. The minimum absolute atomic E-state index is 0.239. The van der Waals surface area contributed by atoms with E-state index in [1.54, 1.807) is 0 Å². The molecule has 0 aliphatic carbocycles. The summed E-state index contributed by atoms with van der Waals surface area (Å²) in [5, 5.41) is 9.73. The quantitative estimate of drug-likeness (QED) is 0.684. The first-order valence-corrected chi connectivity index (χ1v) is 7.76. The molecule has 1 atom stereocenters. The number of hydrogen-bond donors (Lipinski definition) is 1. The van der Waals surface area contributed by atoms with Crippen LogP contribution < -0.4 is 10.2 Å². The molecule has 3 rings (SSSR count). The predicted molar refractivity (Wildman–Crippen MR) is 89.9 cm³/mol. The second kappa shape index (κ2) is 7.36. The Kier molecular flexibility index (Phi) is 4.97. The van der Waals surface area contributed by atoms with Crippen molar-refractivity contribution in [2.45, 2.75) is 13.0 Å². The smallest absolute Gasteiger partial charge is 0.337 e. The van der Waals surface area contributed by atoms with E-state index in [0.717, 1.165) is 17.0 Å². The number of amides is 1. The van der Waals surface area contributed by atoms with Crippen molar-refractivity contribution >= 4 is 28.6 Å². The highest BCUT2D eigenvalue weighted by molar-refractivity contribution is 5.94. The second-order valence-electron chi connectivity index (χ2n) is 5.49. The first kappa shape index (κ1) is 18.2. The molecule has 8 nitrogen and oxygen atoms in total. The van der Waals surface area contributed by atoms with Crippen LogP contribution in [0.3, 0.4) is 0 Å². The van der Waals surface area contributed by atoms with Crippen molar-refractivity contribution in [2.75, 3.05) is 12.4 Å². The van der Waals surface area contributed by atoms with Gasteiger partial charge in [0.15, 0.2) is 0 Å². The lowest BCUT2D eigenvalue weighted by molar-refractivity contribution is -0.127. The molecule has 1 aromatic heterocycles. The second-order valence-corrected chi connectivity index (χ2v) is 5.49. The molecule has 1 heterocycles. The lowest BCUT2D eigenvalue weighted by Crippen LogP contribution is -2.35. The third-order valence-electron chi connectivity index (χ3n) is 3.67. The Morgan fingerprint density at radius 2 is 1.89 bits per heavy atom. The average Bonchev–Trinajstić information content (AvgIpc) is 3.06. The molecule has 0 aliphatic heterocycles. The predicted octanol–water partition coefficient (Wildman–Crippen LogP) is 1.95. The van der Waals surface area contributed by atoms with Gasteiger partial charge < -0.3 is 14.9 Å². The molecule has 2 aromatic carbocycles. The first-order chi connectivity index (χ1) is 12.9. The van der Waals surface area contributed by atoms with Crippen LogP contribution in [0.15, 0.2) is 36.4 Å².